The Kier molecular flexibility index (Phi) is 4.46. The van der Waals surface area contributed by atoms with Crippen LogP contribution in [0.2, 0.25) is 0 Å². The van der Waals surface area contributed by atoms with E-state index in [9.17, 15) is 9.59 Å². The lowest BCUT2D eigenvalue weighted by molar-refractivity contribution is 0.0607. The van der Waals surface area contributed by atoms with Gasteiger partial charge in [-0.25, -0.2) is 4.79 Å². The number of anilines is 2. The van der Waals surface area contributed by atoms with Crippen LogP contribution < -0.4 is 22.1 Å². The number of primary amides is 1. The smallest absolute Gasteiger partial charge is 0.350 e. The van der Waals surface area contributed by atoms with E-state index in [1.54, 1.807) is 0 Å². The molecule has 7 nitrogen and oxygen atoms in total. The molecule has 0 spiro atoms. The van der Waals surface area contributed by atoms with Gasteiger partial charge in [-0.05, 0) is 25.9 Å². The van der Waals surface area contributed by atoms with Crippen LogP contribution in [-0.4, -0.2) is 38.1 Å². The van der Waals surface area contributed by atoms with Crippen LogP contribution in [0.1, 0.15) is 32.9 Å². The minimum Gasteiger partial charge on any atom is -0.465 e. The zero-order valence-electron chi connectivity index (χ0n) is 11.2. The van der Waals surface area contributed by atoms with Crippen molar-refractivity contribution in [2.24, 2.45) is 5.73 Å². The number of rotatable bonds is 4. The molecule has 0 radical (unpaired) electrons. The van der Waals surface area contributed by atoms with Crippen LogP contribution >= 0.6 is 11.3 Å². The van der Waals surface area contributed by atoms with E-state index in [0.717, 1.165) is 37.3 Å². The van der Waals surface area contributed by atoms with Crippen molar-refractivity contribution < 1.29 is 14.3 Å². The van der Waals surface area contributed by atoms with E-state index in [-0.39, 0.29) is 22.2 Å². The van der Waals surface area contributed by atoms with E-state index in [0.29, 0.717) is 5.00 Å². The predicted octanol–water partition coefficient (Wildman–Crippen LogP) is 0.380. The van der Waals surface area contributed by atoms with Gasteiger partial charge in [0.2, 0.25) is 0 Å². The maximum absolute atomic E-state index is 11.6. The Morgan fingerprint density at radius 1 is 1.40 bits per heavy atom. The second-order valence-electron chi connectivity index (χ2n) is 4.57. The third kappa shape index (κ3) is 2.86. The average molecular weight is 298 g/mol. The summed E-state index contributed by atoms with van der Waals surface area (Å²) in [5.74, 6) is -1.21. The number of nitrogens with one attached hydrogen (secondary N) is 2. The van der Waals surface area contributed by atoms with Gasteiger partial charge in [-0.2, -0.15) is 0 Å². The van der Waals surface area contributed by atoms with Crippen molar-refractivity contribution in [2.45, 2.75) is 18.9 Å². The van der Waals surface area contributed by atoms with E-state index in [4.69, 9.17) is 11.5 Å². The van der Waals surface area contributed by atoms with Gasteiger partial charge in [0.15, 0.2) is 0 Å². The minimum atomic E-state index is -0.648. The second kappa shape index (κ2) is 6.10. The molecular formula is C12H18N4O3S. The quantitative estimate of drug-likeness (QED) is 0.597. The Labute approximate surface area is 120 Å². The number of methoxy groups -OCH3 is 1. The molecule has 20 heavy (non-hydrogen) atoms. The maximum atomic E-state index is 11.6. The van der Waals surface area contributed by atoms with Gasteiger partial charge in [0.1, 0.15) is 9.88 Å². The van der Waals surface area contributed by atoms with Crippen LogP contribution in [0, 0.1) is 0 Å². The van der Waals surface area contributed by atoms with Gasteiger partial charge in [0, 0.05) is 6.04 Å². The third-order valence-electron chi connectivity index (χ3n) is 3.24. The molecule has 2 rings (SSSR count). The highest BCUT2D eigenvalue weighted by molar-refractivity contribution is 7.19. The third-order valence-corrected chi connectivity index (χ3v) is 4.35. The lowest BCUT2D eigenvalue weighted by Gasteiger charge is -2.24. The summed E-state index contributed by atoms with van der Waals surface area (Å²) < 4.78 is 4.66. The summed E-state index contributed by atoms with van der Waals surface area (Å²) in [4.78, 5) is 23.4. The number of carbonyl (C=O) groups excluding carboxylic acids is 2. The average Bonchev–Trinajstić information content (AvgIpc) is 2.76. The second-order valence-corrected chi connectivity index (χ2v) is 5.59. The molecule has 0 saturated carbocycles. The number of esters is 1. The van der Waals surface area contributed by atoms with E-state index in [2.05, 4.69) is 15.4 Å². The van der Waals surface area contributed by atoms with Crippen LogP contribution in [0.5, 0.6) is 0 Å². The fraction of sp³-hybridized carbons (Fsp3) is 0.500. The minimum absolute atomic E-state index is 0.0887. The SMILES string of the molecule is COC(=O)c1sc(NC2CCNCC2)c(C(N)=O)c1N. The van der Waals surface area contributed by atoms with Gasteiger partial charge in [-0.15, -0.1) is 11.3 Å². The Morgan fingerprint density at radius 2 is 2.05 bits per heavy atom. The van der Waals surface area contributed by atoms with Gasteiger partial charge >= 0.3 is 5.97 Å². The molecule has 1 aliphatic heterocycles. The lowest BCUT2D eigenvalue weighted by Crippen LogP contribution is -2.35. The molecule has 1 aliphatic rings. The van der Waals surface area contributed by atoms with Gasteiger partial charge in [0.05, 0.1) is 18.4 Å². The van der Waals surface area contributed by atoms with Gasteiger partial charge in [-0.3, -0.25) is 4.79 Å². The molecule has 0 bridgehead atoms. The summed E-state index contributed by atoms with van der Waals surface area (Å²) in [5, 5.41) is 7.06. The molecule has 1 aromatic rings. The molecule has 0 atom stereocenters. The molecule has 1 fully saturated rings. The number of hydrogen-bond donors (Lipinski definition) is 4. The maximum Gasteiger partial charge on any atom is 0.350 e. The first-order valence-electron chi connectivity index (χ1n) is 6.32. The van der Waals surface area contributed by atoms with Crippen LogP contribution in [0.4, 0.5) is 10.7 Å². The zero-order valence-corrected chi connectivity index (χ0v) is 12.0. The normalized spacial score (nSPS) is 15.8. The summed E-state index contributed by atoms with van der Waals surface area (Å²) in [5.41, 5.74) is 11.5. The van der Waals surface area contributed by atoms with Gasteiger partial charge in [0.25, 0.3) is 5.91 Å². The molecule has 1 saturated heterocycles. The highest BCUT2D eigenvalue weighted by Crippen LogP contribution is 2.36. The number of ether oxygens (including phenoxy) is 1. The molecule has 8 heteroatoms. The fourth-order valence-corrected chi connectivity index (χ4v) is 3.31. The number of thiophene rings is 1. The van der Waals surface area contributed by atoms with E-state index in [1.807, 2.05) is 0 Å². The Morgan fingerprint density at radius 3 is 2.60 bits per heavy atom. The fourth-order valence-electron chi connectivity index (χ4n) is 2.19. The van der Waals surface area contributed by atoms with Crippen molar-refractivity contribution in [1.29, 1.82) is 0 Å². The highest BCUT2D eigenvalue weighted by atomic mass is 32.1. The molecular weight excluding hydrogens is 280 g/mol. The molecule has 1 amide bonds. The standard InChI is InChI=1S/C12H18N4O3S/c1-19-12(18)9-8(13)7(10(14)17)11(20-9)16-6-2-4-15-5-3-6/h6,15-16H,2-5,13H2,1H3,(H2,14,17). The van der Waals surface area contributed by atoms with Crippen molar-refractivity contribution in [3.63, 3.8) is 0 Å². The lowest BCUT2D eigenvalue weighted by atomic mass is 10.1. The molecule has 2 heterocycles. The number of nitrogens with two attached hydrogens (primary N) is 2. The number of piperidine rings is 1. The van der Waals surface area contributed by atoms with E-state index in [1.165, 1.54) is 7.11 Å². The molecule has 6 N–H and O–H groups in total. The van der Waals surface area contributed by atoms with E-state index < -0.39 is 11.9 Å². The molecule has 0 aliphatic carbocycles. The first-order chi connectivity index (χ1) is 9.54. The summed E-state index contributed by atoms with van der Waals surface area (Å²) in [7, 11) is 1.27. The first kappa shape index (κ1) is 14.6. The van der Waals surface area contributed by atoms with Gasteiger partial charge in [-0.1, -0.05) is 0 Å². The number of nitrogen functional groups attached to an aromatic ring is 1. The number of amides is 1. The Balaban J connectivity index is 2.30. The van der Waals surface area contributed by atoms with Crippen LogP contribution in [0.15, 0.2) is 0 Å². The summed E-state index contributed by atoms with van der Waals surface area (Å²) in [6, 6.07) is 0.234. The summed E-state index contributed by atoms with van der Waals surface area (Å²) >= 11 is 1.11. The van der Waals surface area contributed by atoms with Crippen LogP contribution in [0.3, 0.4) is 0 Å². The largest absolute Gasteiger partial charge is 0.465 e. The Hall–Kier alpha value is -1.80. The van der Waals surface area contributed by atoms with Crippen molar-refractivity contribution in [3.05, 3.63) is 10.4 Å². The predicted molar refractivity (Wildman–Crippen MR) is 78.1 cm³/mol. The monoisotopic (exact) mass is 298 g/mol. The van der Waals surface area contributed by atoms with Gasteiger partial charge < -0.3 is 26.8 Å². The van der Waals surface area contributed by atoms with Crippen molar-refractivity contribution >= 4 is 33.9 Å². The number of hydrogen-bond acceptors (Lipinski definition) is 7. The zero-order chi connectivity index (χ0) is 14.7. The first-order valence-corrected chi connectivity index (χ1v) is 7.13. The molecule has 110 valence electrons. The number of carbonyl (C=O) groups is 2. The highest BCUT2D eigenvalue weighted by Gasteiger charge is 2.26. The van der Waals surface area contributed by atoms with E-state index >= 15 is 0 Å². The molecule has 0 unspecified atom stereocenters. The van der Waals surface area contributed by atoms with Crippen LogP contribution in [-0.2, 0) is 4.74 Å². The topological polar surface area (TPSA) is 119 Å². The van der Waals surface area contributed by atoms with Crippen molar-refractivity contribution in [1.82, 2.24) is 5.32 Å². The van der Waals surface area contributed by atoms with Crippen molar-refractivity contribution in [3.8, 4) is 0 Å². The van der Waals surface area contributed by atoms with Crippen molar-refractivity contribution in [2.75, 3.05) is 31.2 Å². The Bertz CT molecular complexity index is 523. The summed E-state index contributed by atoms with van der Waals surface area (Å²) in [6.07, 6.45) is 1.87. The van der Waals surface area contributed by atoms with Crippen LogP contribution in [0.25, 0.3) is 0 Å². The molecule has 1 aromatic heterocycles. The summed E-state index contributed by atoms with van der Waals surface area (Å²) in [6.45, 7) is 1.82. The molecule has 0 aromatic carbocycles.